The molecule has 0 saturated heterocycles. The molecule has 0 spiro atoms. The molecule has 4 rings (SSSR count). The van der Waals surface area contributed by atoms with Crippen molar-refractivity contribution in [1.29, 1.82) is 0 Å². The van der Waals surface area contributed by atoms with Gasteiger partial charge in [0.05, 0.1) is 11.4 Å². The fourth-order valence-corrected chi connectivity index (χ4v) is 3.74. The molecule has 0 atom stereocenters. The minimum absolute atomic E-state index is 0.00632. The van der Waals surface area contributed by atoms with Crippen molar-refractivity contribution >= 4 is 17.1 Å². The van der Waals surface area contributed by atoms with E-state index < -0.39 is 0 Å². The molecule has 0 aromatic heterocycles. The lowest BCUT2D eigenvalue weighted by atomic mass is 9.73. The molecule has 1 aliphatic heterocycles. The van der Waals surface area contributed by atoms with Gasteiger partial charge in [-0.05, 0) is 41.8 Å². The summed E-state index contributed by atoms with van der Waals surface area (Å²) in [5.74, 6) is 0. The first kappa shape index (κ1) is 14.1. The lowest BCUT2D eigenvalue weighted by Gasteiger charge is -2.42. The van der Waals surface area contributed by atoms with Crippen LogP contribution in [0.5, 0.6) is 0 Å². The molecule has 23 heavy (non-hydrogen) atoms. The molecule has 114 valence electrons. The van der Waals surface area contributed by atoms with Crippen molar-refractivity contribution in [2.45, 2.75) is 26.2 Å². The maximum atomic E-state index is 2.41. The first-order valence-electron chi connectivity index (χ1n) is 8.15. The van der Waals surface area contributed by atoms with E-state index in [1.54, 1.807) is 0 Å². The van der Waals surface area contributed by atoms with Gasteiger partial charge in [0.15, 0.2) is 0 Å². The molecule has 0 radical (unpaired) electrons. The summed E-state index contributed by atoms with van der Waals surface area (Å²) in [5.41, 5.74) is 7.87. The van der Waals surface area contributed by atoms with Crippen LogP contribution < -0.4 is 4.90 Å². The summed E-state index contributed by atoms with van der Waals surface area (Å²) >= 11 is 0. The van der Waals surface area contributed by atoms with Crippen molar-refractivity contribution < 1.29 is 0 Å². The van der Waals surface area contributed by atoms with Gasteiger partial charge in [0.25, 0.3) is 0 Å². The van der Waals surface area contributed by atoms with Gasteiger partial charge >= 0.3 is 0 Å². The Hall–Kier alpha value is -2.54. The molecule has 3 aromatic carbocycles. The van der Waals surface area contributed by atoms with Gasteiger partial charge in [0, 0.05) is 11.1 Å². The van der Waals surface area contributed by atoms with Crippen LogP contribution in [0.4, 0.5) is 17.1 Å². The third-order valence-electron chi connectivity index (χ3n) is 4.99. The van der Waals surface area contributed by atoms with E-state index in [9.17, 15) is 0 Å². The summed E-state index contributed by atoms with van der Waals surface area (Å²) in [6.45, 7) is 6.82. The SMILES string of the molecule is Cc1ccccc1N1c2ccccc2C(C)(C)c2ccccc21. The minimum atomic E-state index is 0.00632. The molecule has 1 aliphatic rings. The van der Waals surface area contributed by atoms with Crippen molar-refractivity contribution in [3.05, 3.63) is 89.5 Å². The second-order valence-corrected chi connectivity index (χ2v) is 6.78. The molecule has 3 aromatic rings. The van der Waals surface area contributed by atoms with E-state index in [0.29, 0.717) is 0 Å². The highest BCUT2D eigenvalue weighted by Crippen LogP contribution is 2.51. The molecule has 0 saturated carbocycles. The highest BCUT2D eigenvalue weighted by atomic mass is 15.2. The Morgan fingerprint density at radius 3 is 1.57 bits per heavy atom. The smallest absolute Gasteiger partial charge is 0.0502 e. The Balaban J connectivity index is 2.07. The second-order valence-electron chi connectivity index (χ2n) is 6.78. The molecule has 0 N–H and O–H groups in total. The topological polar surface area (TPSA) is 3.24 Å². The van der Waals surface area contributed by atoms with Gasteiger partial charge in [0.2, 0.25) is 0 Å². The zero-order chi connectivity index (χ0) is 16.0. The summed E-state index contributed by atoms with van der Waals surface area (Å²) < 4.78 is 0. The van der Waals surface area contributed by atoms with Crippen LogP contribution in [0, 0.1) is 6.92 Å². The van der Waals surface area contributed by atoms with Gasteiger partial charge in [-0.3, -0.25) is 0 Å². The number of fused-ring (bicyclic) bond motifs is 2. The molecule has 1 nitrogen and oxygen atoms in total. The van der Waals surface area contributed by atoms with Crippen LogP contribution in [0.3, 0.4) is 0 Å². The average molecular weight is 299 g/mol. The van der Waals surface area contributed by atoms with Gasteiger partial charge in [0.1, 0.15) is 0 Å². The van der Waals surface area contributed by atoms with Crippen molar-refractivity contribution in [3.63, 3.8) is 0 Å². The van der Waals surface area contributed by atoms with Gasteiger partial charge in [-0.2, -0.15) is 0 Å². The number of hydrogen-bond donors (Lipinski definition) is 0. The number of aryl methyl sites for hydroxylation is 1. The molecular weight excluding hydrogens is 278 g/mol. The normalized spacial score (nSPS) is 15.0. The Morgan fingerprint density at radius 2 is 1.04 bits per heavy atom. The Kier molecular flexibility index (Phi) is 3.05. The lowest BCUT2D eigenvalue weighted by molar-refractivity contribution is 0.632. The number of rotatable bonds is 1. The van der Waals surface area contributed by atoms with Crippen LogP contribution in [0.1, 0.15) is 30.5 Å². The van der Waals surface area contributed by atoms with Crippen molar-refractivity contribution in [3.8, 4) is 0 Å². The number of para-hydroxylation sites is 3. The van der Waals surface area contributed by atoms with E-state index in [-0.39, 0.29) is 5.41 Å². The van der Waals surface area contributed by atoms with E-state index >= 15 is 0 Å². The highest BCUT2D eigenvalue weighted by molar-refractivity contribution is 5.86. The fraction of sp³-hybridized carbons (Fsp3) is 0.182. The van der Waals surface area contributed by atoms with E-state index in [1.807, 2.05) is 0 Å². The highest BCUT2D eigenvalue weighted by Gasteiger charge is 2.36. The molecule has 0 fully saturated rings. The summed E-state index contributed by atoms with van der Waals surface area (Å²) in [6, 6.07) is 26.2. The molecule has 0 bridgehead atoms. The first-order valence-corrected chi connectivity index (χ1v) is 8.15. The van der Waals surface area contributed by atoms with Gasteiger partial charge in [-0.1, -0.05) is 68.4 Å². The van der Waals surface area contributed by atoms with Gasteiger partial charge in [-0.25, -0.2) is 0 Å². The van der Waals surface area contributed by atoms with Crippen molar-refractivity contribution in [1.82, 2.24) is 0 Å². The van der Waals surface area contributed by atoms with Gasteiger partial charge < -0.3 is 4.90 Å². The summed E-state index contributed by atoms with van der Waals surface area (Å²) in [5, 5.41) is 0. The van der Waals surface area contributed by atoms with Crippen LogP contribution in [0.15, 0.2) is 72.8 Å². The summed E-state index contributed by atoms with van der Waals surface area (Å²) in [4.78, 5) is 2.41. The predicted molar refractivity (Wildman–Crippen MR) is 98.0 cm³/mol. The molecular formula is C22H21N. The van der Waals surface area contributed by atoms with Crippen LogP contribution in [0.2, 0.25) is 0 Å². The Morgan fingerprint density at radius 1 is 0.609 bits per heavy atom. The van der Waals surface area contributed by atoms with Crippen LogP contribution in [-0.2, 0) is 5.41 Å². The van der Waals surface area contributed by atoms with E-state index in [0.717, 1.165) is 0 Å². The maximum Gasteiger partial charge on any atom is 0.0502 e. The zero-order valence-electron chi connectivity index (χ0n) is 13.9. The molecule has 0 unspecified atom stereocenters. The molecule has 0 aliphatic carbocycles. The second kappa shape index (κ2) is 4.99. The van der Waals surface area contributed by atoms with E-state index in [1.165, 1.54) is 33.8 Å². The zero-order valence-corrected chi connectivity index (χ0v) is 13.9. The van der Waals surface area contributed by atoms with Crippen molar-refractivity contribution in [2.24, 2.45) is 0 Å². The third-order valence-corrected chi connectivity index (χ3v) is 4.99. The van der Waals surface area contributed by atoms with Gasteiger partial charge in [-0.15, -0.1) is 0 Å². The minimum Gasteiger partial charge on any atom is -0.310 e. The standard InChI is InChI=1S/C22H21N/c1-16-10-4-7-13-19(16)23-20-14-8-5-11-17(20)22(2,3)18-12-6-9-15-21(18)23/h4-15H,1-3H3. The van der Waals surface area contributed by atoms with Crippen LogP contribution in [-0.4, -0.2) is 0 Å². The summed E-state index contributed by atoms with van der Waals surface area (Å²) in [7, 11) is 0. The van der Waals surface area contributed by atoms with Crippen LogP contribution in [0.25, 0.3) is 0 Å². The maximum absolute atomic E-state index is 2.41. The number of anilines is 3. The molecule has 0 amide bonds. The first-order chi connectivity index (χ1) is 11.1. The van der Waals surface area contributed by atoms with E-state index in [2.05, 4.69) is 98.5 Å². The molecule has 1 heteroatoms. The number of hydrogen-bond acceptors (Lipinski definition) is 1. The third kappa shape index (κ3) is 2.00. The quantitative estimate of drug-likeness (QED) is 0.524. The fourth-order valence-electron chi connectivity index (χ4n) is 3.74. The Bertz CT molecular complexity index is 827. The Labute approximate surface area is 138 Å². The number of benzene rings is 3. The van der Waals surface area contributed by atoms with E-state index in [4.69, 9.17) is 0 Å². The van der Waals surface area contributed by atoms with Crippen LogP contribution >= 0.6 is 0 Å². The van der Waals surface area contributed by atoms with Crippen molar-refractivity contribution in [2.75, 3.05) is 4.90 Å². The largest absolute Gasteiger partial charge is 0.310 e. The molecule has 1 heterocycles. The lowest BCUT2D eigenvalue weighted by Crippen LogP contribution is -2.30. The average Bonchev–Trinajstić information content (AvgIpc) is 2.57. The monoisotopic (exact) mass is 299 g/mol. The predicted octanol–water partition coefficient (Wildman–Crippen LogP) is 6.10. The summed E-state index contributed by atoms with van der Waals surface area (Å²) in [6.07, 6.45) is 0. The number of nitrogens with zero attached hydrogens (tertiary/aromatic N) is 1.